The molecular formula is C14H14N4O2S2. The van der Waals surface area contributed by atoms with Crippen LogP contribution in [0.3, 0.4) is 0 Å². The average molecular weight is 334 g/mol. The quantitative estimate of drug-likeness (QED) is 0.793. The normalized spacial score (nSPS) is 11.5. The van der Waals surface area contributed by atoms with Crippen molar-refractivity contribution in [3.63, 3.8) is 0 Å². The smallest absolute Gasteiger partial charge is 0.217 e. The average Bonchev–Trinajstić information content (AvgIpc) is 3.16. The summed E-state index contributed by atoms with van der Waals surface area (Å²) >= 11 is 1.11. The van der Waals surface area contributed by atoms with E-state index in [4.69, 9.17) is 0 Å². The number of aryl methyl sites for hydroxylation is 1. The molecule has 3 aromatic rings. The molecular weight excluding hydrogens is 320 g/mol. The van der Waals surface area contributed by atoms with Crippen molar-refractivity contribution in [3.8, 4) is 11.1 Å². The third-order valence-corrected chi connectivity index (χ3v) is 6.37. The van der Waals surface area contributed by atoms with Gasteiger partial charge in [-0.15, -0.1) is 0 Å². The molecule has 1 N–H and O–H groups in total. The molecule has 0 aliphatic rings. The first-order valence-electron chi connectivity index (χ1n) is 6.48. The predicted molar refractivity (Wildman–Crippen MR) is 85.8 cm³/mol. The maximum atomic E-state index is 12.7. The second-order valence-electron chi connectivity index (χ2n) is 4.67. The largest absolute Gasteiger partial charge is 0.365 e. The van der Waals surface area contributed by atoms with Crippen molar-refractivity contribution in [1.82, 2.24) is 14.8 Å². The van der Waals surface area contributed by atoms with Crippen LogP contribution in [0.5, 0.6) is 0 Å². The number of hydrogen-bond donors (Lipinski definition) is 1. The zero-order valence-corrected chi connectivity index (χ0v) is 13.6. The number of anilines is 1. The molecule has 1 aromatic carbocycles. The van der Waals surface area contributed by atoms with E-state index in [1.54, 1.807) is 36.1 Å². The minimum atomic E-state index is -3.56. The molecule has 0 bridgehead atoms. The van der Waals surface area contributed by atoms with Gasteiger partial charge in [-0.1, -0.05) is 23.5 Å². The van der Waals surface area contributed by atoms with Crippen LogP contribution in [0.4, 0.5) is 5.13 Å². The van der Waals surface area contributed by atoms with Gasteiger partial charge in [0.2, 0.25) is 9.84 Å². The summed E-state index contributed by atoms with van der Waals surface area (Å²) in [5.41, 5.74) is 1.69. The molecule has 2 aromatic heterocycles. The van der Waals surface area contributed by atoms with Crippen LogP contribution in [-0.4, -0.2) is 30.2 Å². The van der Waals surface area contributed by atoms with Crippen LogP contribution >= 0.6 is 11.3 Å². The topological polar surface area (TPSA) is 76.9 Å². The first-order valence-corrected chi connectivity index (χ1v) is 8.78. The van der Waals surface area contributed by atoms with E-state index in [9.17, 15) is 8.42 Å². The summed E-state index contributed by atoms with van der Waals surface area (Å²) in [6.07, 6.45) is 4.93. The van der Waals surface area contributed by atoms with Crippen molar-refractivity contribution in [2.45, 2.75) is 9.10 Å². The van der Waals surface area contributed by atoms with E-state index in [0.29, 0.717) is 5.13 Å². The highest BCUT2D eigenvalue weighted by Gasteiger charge is 2.21. The van der Waals surface area contributed by atoms with E-state index in [-0.39, 0.29) is 9.10 Å². The van der Waals surface area contributed by atoms with Crippen LogP contribution in [0.25, 0.3) is 11.1 Å². The van der Waals surface area contributed by atoms with Crippen LogP contribution in [0.15, 0.2) is 52.0 Å². The van der Waals surface area contributed by atoms with Gasteiger partial charge in [-0.05, 0) is 17.7 Å². The maximum Gasteiger partial charge on any atom is 0.217 e. The van der Waals surface area contributed by atoms with Crippen molar-refractivity contribution >= 4 is 26.3 Å². The summed E-state index contributed by atoms with van der Waals surface area (Å²) in [7, 11) is -0.0364. The van der Waals surface area contributed by atoms with Gasteiger partial charge in [0.25, 0.3) is 0 Å². The molecule has 0 fully saturated rings. The van der Waals surface area contributed by atoms with E-state index < -0.39 is 9.84 Å². The number of benzene rings is 1. The lowest BCUT2D eigenvalue weighted by molar-refractivity contribution is 0.598. The lowest BCUT2D eigenvalue weighted by Gasteiger charge is -2.04. The number of thiazole rings is 1. The van der Waals surface area contributed by atoms with Crippen molar-refractivity contribution in [1.29, 1.82) is 0 Å². The third-order valence-electron chi connectivity index (χ3n) is 3.15. The fourth-order valence-corrected chi connectivity index (χ4v) is 4.46. The lowest BCUT2D eigenvalue weighted by Crippen LogP contribution is -1.99. The van der Waals surface area contributed by atoms with Crippen LogP contribution in [0.2, 0.25) is 0 Å². The van der Waals surface area contributed by atoms with Crippen LogP contribution in [0, 0.1) is 0 Å². The summed E-state index contributed by atoms with van der Waals surface area (Å²) in [6.45, 7) is 0. The Labute approximate surface area is 132 Å². The number of nitrogens with one attached hydrogen (secondary N) is 1. The van der Waals surface area contributed by atoms with Gasteiger partial charge in [0, 0.05) is 25.9 Å². The van der Waals surface area contributed by atoms with Crippen molar-refractivity contribution < 1.29 is 8.42 Å². The van der Waals surface area contributed by atoms with Gasteiger partial charge >= 0.3 is 0 Å². The Hall–Kier alpha value is -2.19. The van der Waals surface area contributed by atoms with Crippen LogP contribution in [0.1, 0.15) is 0 Å². The fraction of sp³-hybridized carbons (Fsp3) is 0.143. The van der Waals surface area contributed by atoms with Gasteiger partial charge in [-0.25, -0.2) is 13.4 Å². The van der Waals surface area contributed by atoms with Gasteiger partial charge in [0.15, 0.2) is 5.13 Å². The van der Waals surface area contributed by atoms with Crippen LogP contribution < -0.4 is 5.32 Å². The molecule has 0 unspecified atom stereocenters. The Balaban J connectivity index is 2.04. The molecule has 0 aliphatic heterocycles. The van der Waals surface area contributed by atoms with Gasteiger partial charge < -0.3 is 5.32 Å². The highest BCUT2D eigenvalue weighted by Crippen LogP contribution is 2.30. The van der Waals surface area contributed by atoms with Gasteiger partial charge in [-0.3, -0.25) is 4.68 Å². The Kier molecular flexibility index (Phi) is 3.71. The van der Waals surface area contributed by atoms with Crippen LogP contribution in [-0.2, 0) is 16.9 Å². The minimum Gasteiger partial charge on any atom is -0.365 e. The second-order valence-corrected chi connectivity index (χ2v) is 7.88. The monoisotopic (exact) mass is 334 g/mol. The molecule has 0 aliphatic carbocycles. The second kappa shape index (κ2) is 5.54. The summed E-state index contributed by atoms with van der Waals surface area (Å²) in [6, 6.07) is 6.84. The number of sulfone groups is 1. The standard InChI is InChI=1S/C14H14N4O2S2/c1-15-14-16-8-13(21-14)22(19,20)12-5-3-4-10(6-12)11-7-17-18(2)9-11/h3-9H,1-2H3,(H,15,16). The Morgan fingerprint density at radius 1 is 1.23 bits per heavy atom. The first kappa shape index (κ1) is 14.7. The molecule has 0 amide bonds. The Morgan fingerprint density at radius 3 is 2.68 bits per heavy atom. The molecule has 22 heavy (non-hydrogen) atoms. The highest BCUT2D eigenvalue weighted by atomic mass is 32.2. The number of rotatable bonds is 4. The Bertz CT molecular complexity index is 912. The summed E-state index contributed by atoms with van der Waals surface area (Å²) in [5.74, 6) is 0. The highest BCUT2D eigenvalue weighted by molar-refractivity contribution is 7.93. The summed E-state index contributed by atoms with van der Waals surface area (Å²) in [5, 5.41) is 7.52. The zero-order valence-electron chi connectivity index (χ0n) is 12.0. The first-order chi connectivity index (χ1) is 10.5. The lowest BCUT2D eigenvalue weighted by atomic mass is 10.1. The van der Waals surface area contributed by atoms with Crippen molar-refractivity contribution in [3.05, 3.63) is 42.9 Å². The molecule has 114 valence electrons. The van der Waals surface area contributed by atoms with Gasteiger partial charge in [-0.2, -0.15) is 5.10 Å². The predicted octanol–water partition coefficient (Wildman–Crippen LogP) is 2.42. The van der Waals surface area contributed by atoms with E-state index in [0.717, 1.165) is 22.5 Å². The molecule has 8 heteroatoms. The molecule has 0 radical (unpaired) electrons. The van der Waals surface area contributed by atoms with E-state index in [1.165, 1.54) is 6.20 Å². The van der Waals surface area contributed by atoms with E-state index >= 15 is 0 Å². The Morgan fingerprint density at radius 2 is 2.05 bits per heavy atom. The molecule has 2 heterocycles. The van der Waals surface area contributed by atoms with Crippen molar-refractivity contribution in [2.24, 2.45) is 7.05 Å². The zero-order chi connectivity index (χ0) is 15.7. The fourth-order valence-electron chi connectivity index (χ4n) is 2.03. The van der Waals surface area contributed by atoms with Crippen molar-refractivity contribution in [2.75, 3.05) is 12.4 Å². The molecule has 0 saturated heterocycles. The minimum absolute atomic E-state index is 0.222. The molecule has 0 atom stereocenters. The number of aromatic nitrogens is 3. The molecule has 0 saturated carbocycles. The third kappa shape index (κ3) is 2.62. The summed E-state index contributed by atoms with van der Waals surface area (Å²) < 4.78 is 27.2. The molecule has 0 spiro atoms. The molecule has 6 nitrogen and oxygen atoms in total. The van der Waals surface area contributed by atoms with E-state index in [2.05, 4.69) is 15.4 Å². The van der Waals surface area contributed by atoms with E-state index in [1.807, 2.05) is 19.3 Å². The molecule has 3 rings (SSSR count). The summed E-state index contributed by atoms with van der Waals surface area (Å²) in [4.78, 5) is 4.28. The number of nitrogens with zero attached hydrogens (tertiary/aromatic N) is 3. The number of hydrogen-bond acceptors (Lipinski definition) is 6. The van der Waals surface area contributed by atoms with Gasteiger partial charge in [0.1, 0.15) is 4.21 Å². The van der Waals surface area contributed by atoms with Gasteiger partial charge in [0.05, 0.1) is 17.3 Å². The maximum absolute atomic E-state index is 12.7. The SMILES string of the molecule is CNc1ncc(S(=O)(=O)c2cccc(-c3cnn(C)c3)c2)s1.